The molecular formula is C14H19N5. The average Bonchev–Trinajstić information content (AvgIpc) is 3.14. The van der Waals surface area contributed by atoms with Crippen LogP contribution < -0.4 is 11.3 Å². The molecule has 1 aromatic heterocycles. The number of hydrogen-bond acceptors (Lipinski definition) is 4. The SMILES string of the molecule is Cn1ncnc1CC(NN)C1CC1c1ccccc1. The fraction of sp³-hybridized carbons (Fsp3) is 0.429. The fourth-order valence-electron chi connectivity index (χ4n) is 2.78. The molecule has 5 heteroatoms. The van der Waals surface area contributed by atoms with Gasteiger partial charge in [0.1, 0.15) is 12.2 Å². The smallest absolute Gasteiger partial charge is 0.138 e. The van der Waals surface area contributed by atoms with Crippen molar-refractivity contribution < 1.29 is 0 Å². The van der Waals surface area contributed by atoms with Gasteiger partial charge in [-0.15, -0.1) is 0 Å². The lowest BCUT2D eigenvalue weighted by Crippen LogP contribution is -2.39. The van der Waals surface area contributed by atoms with Gasteiger partial charge in [0.25, 0.3) is 0 Å². The Labute approximate surface area is 112 Å². The molecule has 0 aliphatic heterocycles. The van der Waals surface area contributed by atoms with Gasteiger partial charge < -0.3 is 0 Å². The Bertz CT molecular complexity index is 536. The van der Waals surface area contributed by atoms with Crippen LogP contribution in [0.1, 0.15) is 23.7 Å². The molecule has 0 bridgehead atoms. The highest BCUT2D eigenvalue weighted by atomic mass is 15.3. The summed E-state index contributed by atoms with van der Waals surface area (Å²) >= 11 is 0. The minimum Gasteiger partial charge on any atom is -0.271 e. The van der Waals surface area contributed by atoms with Gasteiger partial charge in [0.15, 0.2) is 0 Å². The molecule has 1 heterocycles. The number of hydrogen-bond donors (Lipinski definition) is 2. The summed E-state index contributed by atoms with van der Waals surface area (Å²) in [7, 11) is 1.91. The number of aryl methyl sites for hydroxylation is 1. The summed E-state index contributed by atoms with van der Waals surface area (Å²) in [5.41, 5.74) is 4.36. The Morgan fingerprint density at radius 1 is 1.42 bits per heavy atom. The molecule has 0 radical (unpaired) electrons. The molecule has 5 nitrogen and oxygen atoms in total. The first-order chi connectivity index (χ1) is 9.29. The van der Waals surface area contributed by atoms with E-state index in [9.17, 15) is 0 Å². The van der Waals surface area contributed by atoms with E-state index in [-0.39, 0.29) is 6.04 Å². The highest BCUT2D eigenvalue weighted by Gasteiger charge is 2.43. The predicted octanol–water partition coefficient (Wildman–Crippen LogP) is 0.993. The summed E-state index contributed by atoms with van der Waals surface area (Å²) in [6, 6.07) is 10.9. The van der Waals surface area contributed by atoms with E-state index >= 15 is 0 Å². The molecule has 1 aromatic carbocycles. The summed E-state index contributed by atoms with van der Waals surface area (Å²) in [5.74, 6) is 7.89. The van der Waals surface area contributed by atoms with Crippen molar-refractivity contribution in [3.63, 3.8) is 0 Å². The number of rotatable bonds is 5. The molecule has 2 aromatic rings. The zero-order valence-corrected chi connectivity index (χ0v) is 11.0. The van der Waals surface area contributed by atoms with Gasteiger partial charge >= 0.3 is 0 Å². The van der Waals surface area contributed by atoms with Crippen molar-refractivity contribution in [2.24, 2.45) is 18.8 Å². The average molecular weight is 257 g/mol. The van der Waals surface area contributed by atoms with E-state index in [1.165, 1.54) is 12.0 Å². The first-order valence-corrected chi connectivity index (χ1v) is 6.63. The van der Waals surface area contributed by atoms with E-state index in [4.69, 9.17) is 5.84 Å². The summed E-state index contributed by atoms with van der Waals surface area (Å²) in [5, 5.41) is 4.10. The Balaban J connectivity index is 1.67. The molecule has 3 rings (SSSR count). The van der Waals surface area contributed by atoms with Crippen molar-refractivity contribution in [2.45, 2.75) is 24.8 Å². The second-order valence-corrected chi connectivity index (χ2v) is 5.19. The zero-order valence-electron chi connectivity index (χ0n) is 11.0. The third-order valence-corrected chi connectivity index (χ3v) is 4.01. The molecule has 0 spiro atoms. The van der Waals surface area contributed by atoms with Gasteiger partial charge in [-0.2, -0.15) is 5.10 Å². The summed E-state index contributed by atoms with van der Waals surface area (Å²) in [6.45, 7) is 0. The van der Waals surface area contributed by atoms with E-state index < -0.39 is 0 Å². The van der Waals surface area contributed by atoms with Crippen LogP contribution in [0.3, 0.4) is 0 Å². The van der Waals surface area contributed by atoms with Gasteiger partial charge in [0.2, 0.25) is 0 Å². The van der Waals surface area contributed by atoms with Gasteiger partial charge in [-0.1, -0.05) is 30.3 Å². The molecule has 1 aliphatic carbocycles. The maximum atomic E-state index is 5.71. The normalized spacial score (nSPS) is 23.3. The number of hydrazine groups is 1. The molecule has 100 valence electrons. The second-order valence-electron chi connectivity index (χ2n) is 5.19. The highest BCUT2D eigenvalue weighted by Crippen LogP contribution is 2.49. The van der Waals surface area contributed by atoms with Crippen LogP contribution in [0.25, 0.3) is 0 Å². The molecular weight excluding hydrogens is 238 g/mol. The van der Waals surface area contributed by atoms with Crippen LogP contribution in [0.5, 0.6) is 0 Å². The Hall–Kier alpha value is -1.72. The Morgan fingerprint density at radius 2 is 2.21 bits per heavy atom. The van der Waals surface area contributed by atoms with Gasteiger partial charge in [0.05, 0.1) is 0 Å². The highest BCUT2D eigenvalue weighted by molar-refractivity contribution is 5.26. The fourth-order valence-corrected chi connectivity index (χ4v) is 2.78. The maximum Gasteiger partial charge on any atom is 0.138 e. The van der Waals surface area contributed by atoms with Gasteiger partial charge in [-0.3, -0.25) is 16.0 Å². The van der Waals surface area contributed by atoms with Crippen LogP contribution in [0.4, 0.5) is 0 Å². The van der Waals surface area contributed by atoms with E-state index in [2.05, 4.69) is 45.8 Å². The molecule has 3 atom stereocenters. The monoisotopic (exact) mass is 257 g/mol. The first-order valence-electron chi connectivity index (χ1n) is 6.63. The van der Waals surface area contributed by atoms with E-state index in [0.29, 0.717) is 11.8 Å². The minimum atomic E-state index is 0.258. The van der Waals surface area contributed by atoms with Crippen molar-refractivity contribution in [1.82, 2.24) is 20.2 Å². The van der Waals surface area contributed by atoms with Crippen LogP contribution in [0.2, 0.25) is 0 Å². The van der Waals surface area contributed by atoms with Crippen molar-refractivity contribution in [3.8, 4) is 0 Å². The lowest BCUT2D eigenvalue weighted by atomic mass is 10.0. The van der Waals surface area contributed by atoms with Crippen LogP contribution in [-0.2, 0) is 13.5 Å². The van der Waals surface area contributed by atoms with Gasteiger partial charge in [0, 0.05) is 19.5 Å². The topological polar surface area (TPSA) is 68.8 Å². The quantitative estimate of drug-likeness (QED) is 0.619. The minimum absolute atomic E-state index is 0.258. The Morgan fingerprint density at radius 3 is 2.84 bits per heavy atom. The first kappa shape index (κ1) is 12.3. The van der Waals surface area contributed by atoms with Crippen LogP contribution in [0.15, 0.2) is 36.7 Å². The van der Waals surface area contributed by atoms with Crippen molar-refractivity contribution in [3.05, 3.63) is 48.0 Å². The molecule has 1 aliphatic rings. The van der Waals surface area contributed by atoms with E-state index in [0.717, 1.165) is 12.2 Å². The van der Waals surface area contributed by atoms with Crippen LogP contribution in [0, 0.1) is 5.92 Å². The number of nitrogens with zero attached hydrogens (tertiary/aromatic N) is 3. The molecule has 0 saturated heterocycles. The Kier molecular flexibility index (Phi) is 3.31. The zero-order chi connectivity index (χ0) is 13.2. The number of nitrogens with two attached hydrogens (primary N) is 1. The largest absolute Gasteiger partial charge is 0.271 e. The van der Waals surface area contributed by atoms with E-state index in [1.54, 1.807) is 6.33 Å². The summed E-state index contributed by atoms with van der Waals surface area (Å²) in [4.78, 5) is 4.27. The maximum absolute atomic E-state index is 5.71. The molecule has 3 N–H and O–H groups in total. The predicted molar refractivity (Wildman–Crippen MR) is 73.1 cm³/mol. The van der Waals surface area contributed by atoms with Crippen molar-refractivity contribution >= 4 is 0 Å². The van der Waals surface area contributed by atoms with Crippen LogP contribution >= 0.6 is 0 Å². The third-order valence-electron chi connectivity index (χ3n) is 4.01. The second kappa shape index (κ2) is 5.11. The standard InChI is InChI=1S/C14H19N5/c1-19-14(16-9-17-19)8-13(18-15)12-7-11(12)10-5-3-2-4-6-10/h2-6,9,11-13,18H,7-8,15H2,1H3. The lowest BCUT2D eigenvalue weighted by molar-refractivity contribution is 0.448. The summed E-state index contributed by atoms with van der Waals surface area (Å²) < 4.78 is 1.81. The van der Waals surface area contributed by atoms with Crippen molar-refractivity contribution in [1.29, 1.82) is 0 Å². The molecule has 1 fully saturated rings. The van der Waals surface area contributed by atoms with E-state index in [1.807, 2.05) is 11.7 Å². The van der Waals surface area contributed by atoms with Crippen LogP contribution in [-0.4, -0.2) is 20.8 Å². The lowest BCUT2D eigenvalue weighted by Gasteiger charge is -2.15. The third kappa shape index (κ3) is 2.52. The number of nitrogens with one attached hydrogen (secondary N) is 1. The number of aromatic nitrogens is 3. The number of benzene rings is 1. The molecule has 3 unspecified atom stereocenters. The van der Waals surface area contributed by atoms with Crippen molar-refractivity contribution in [2.75, 3.05) is 0 Å². The van der Waals surface area contributed by atoms with Gasteiger partial charge in [-0.25, -0.2) is 4.98 Å². The molecule has 19 heavy (non-hydrogen) atoms. The molecule has 1 saturated carbocycles. The van der Waals surface area contributed by atoms with Gasteiger partial charge in [-0.05, 0) is 23.8 Å². The summed E-state index contributed by atoms with van der Waals surface area (Å²) in [6.07, 6.45) is 3.60. The molecule has 0 amide bonds.